The van der Waals surface area contributed by atoms with Crippen LogP contribution in [0.3, 0.4) is 0 Å². The van der Waals surface area contributed by atoms with Gasteiger partial charge in [-0.1, -0.05) is 41.9 Å². The standard InChI is InChI=1S/C28H33ClN2O4S/c1-3-34-17-7-16-30(28(33)21-35-25-13-11-24(29)12-14-25)20-27(32)31(18-23-8-5-4-6-9-23)19-26-15-10-22(2)36-26/h4-6,8-15H,3,7,16-21H2,1-2H3. The van der Waals surface area contributed by atoms with Gasteiger partial charge in [0.2, 0.25) is 5.91 Å². The summed E-state index contributed by atoms with van der Waals surface area (Å²) in [5.41, 5.74) is 1.04. The maximum Gasteiger partial charge on any atom is 0.260 e. The maximum absolute atomic E-state index is 13.5. The Hall–Kier alpha value is -2.87. The summed E-state index contributed by atoms with van der Waals surface area (Å²) in [6.07, 6.45) is 0.636. The van der Waals surface area contributed by atoms with Crippen molar-refractivity contribution < 1.29 is 19.1 Å². The van der Waals surface area contributed by atoms with E-state index in [2.05, 4.69) is 19.1 Å². The van der Waals surface area contributed by atoms with E-state index in [1.165, 1.54) is 4.88 Å². The summed E-state index contributed by atoms with van der Waals surface area (Å²) in [4.78, 5) is 32.3. The molecule has 0 aliphatic heterocycles. The lowest BCUT2D eigenvalue weighted by Crippen LogP contribution is -2.44. The number of benzene rings is 2. The Balaban J connectivity index is 1.70. The van der Waals surface area contributed by atoms with Gasteiger partial charge in [-0.3, -0.25) is 9.59 Å². The molecule has 192 valence electrons. The van der Waals surface area contributed by atoms with Crippen molar-refractivity contribution in [3.05, 3.63) is 87.1 Å². The van der Waals surface area contributed by atoms with E-state index in [1.54, 1.807) is 40.5 Å². The lowest BCUT2D eigenvalue weighted by molar-refractivity contribution is -0.142. The molecule has 1 heterocycles. The van der Waals surface area contributed by atoms with E-state index in [9.17, 15) is 9.59 Å². The van der Waals surface area contributed by atoms with Crippen molar-refractivity contribution in [1.29, 1.82) is 0 Å². The molecule has 0 spiro atoms. The molecule has 0 N–H and O–H groups in total. The van der Waals surface area contributed by atoms with Gasteiger partial charge in [-0.25, -0.2) is 0 Å². The summed E-state index contributed by atoms with van der Waals surface area (Å²) in [5, 5.41) is 0.594. The third kappa shape index (κ3) is 9.30. The largest absolute Gasteiger partial charge is 0.484 e. The Kier molecular flexibility index (Phi) is 11.3. The molecule has 8 heteroatoms. The van der Waals surface area contributed by atoms with Gasteiger partial charge >= 0.3 is 0 Å². The van der Waals surface area contributed by atoms with Gasteiger partial charge in [-0.2, -0.15) is 0 Å². The third-order valence-corrected chi connectivity index (χ3v) is 6.72. The molecule has 2 amide bonds. The van der Waals surface area contributed by atoms with Crippen LogP contribution < -0.4 is 4.74 Å². The van der Waals surface area contributed by atoms with Crippen molar-refractivity contribution in [3.63, 3.8) is 0 Å². The first-order valence-electron chi connectivity index (χ1n) is 12.1. The zero-order valence-corrected chi connectivity index (χ0v) is 22.4. The average Bonchev–Trinajstić information content (AvgIpc) is 3.30. The topological polar surface area (TPSA) is 59.1 Å². The molecule has 1 aromatic heterocycles. The lowest BCUT2D eigenvalue weighted by atomic mass is 10.2. The number of nitrogens with zero attached hydrogens (tertiary/aromatic N) is 2. The number of rotatable bonds is 14. The van der Waals surface area contributed by atoms with Crippen molar-refractivity contribution >= 4 is 34.8 Å². The molecule has 6 nitrogen and oxygen atoms in total. The molecule has 36 heavy (non-hydrogen) atoms. The summed E-state index contributed by atoms with van der Waals surface area (Å²) in [6.45, 7) is 6.31. The number of thiophene rings is 1. The molecule has 0 atom stereocenters. The van der Waals surface area contributed by atoms with Crippen LogP contribution in [0.4, 0.5) is 0 Å². The Labute approximate surface area is 222 Å². The fourth-order valence-electron chi connectivity index (χ4n) is 3.62. The number of amides is 2. The van der Waals surface area contributed by atoms with Crippen molar-refractivity contribution in [2.24, 2.45) is 0 Å². The average molecular weight is 529 g/mol. The van der Waals surface area contributed by atoms with Crippen LogP contribution in [0.2, 0.25) is 5.02 Å². The number of hydrogen-bond donors (Lipinski definition) is 0. The third-order valence-electron chi connectivity index (χ3n) is 5.49. The van der Waals surface area contributed by atoms with E-state index < -0.39 is 0 Å². The highest BCUT2D eigenvalue weighted by molar-refractivity contribution is 7.11. The van der Waals surface area contributed by atoms with Crippen molar-refractivity contribution in [2.45, 2.75) is 33.4 Å². The fraction of sp³-hybridized carbons (Fsp3) is 0.357. The first-order valence-corrected chi connectivity index (χ1v) is 13.2. The number of ether oxygens (including phenoxy) is 2. The zero-order valence-electron chi connectivity index (χ0n) is 20.8. The number of halogens is 1. The van der Waals surface area contributed by atoms with Crippen LogP contribution in [-0.4, -0.2) is 54.5 Å². The zero-order chi connectivity index (χ0) is 25.8. The van der Waals surface area contributed by atoms with E-state index in [4.69, 9.17) is 21.1 Å². The molecule has 0 saturated carbocycles. The van der Waals surface area contributed by atoms with Crippen LogP contribution >= 0.6 is 22.9 Å². The molecule has 0 aliphatic rings. The highest BCUT2D eigenvalue weighted by Crippen LogP contribution is 2.19. The molecule has 0 fully saturated rings. The Morgan fingerprint density at radius 1 is 0.917 bits per heavy atom. The molecule has 3 rings (SSSR count). The fourth-order valence-corrected chi connectivity index (χ4v) is 4.65. The molecule has 0 unspecified atom stereocenters. The van der Waals surface area contributed by atoms with Gasteiger partial charge in [-0.05, 0) is 62.2 Å². The molecular formula is C28H33ClN2O4S. The van der Waals surface area contributed by atoms with Crippen LogP contribution in [0.15, 0.2) is 66.7 Å². The van der Waals surface area contributed by atoms with Crippen LogP contribution in [0, 0.1) is 6.92 Å². The second-order valence-corrected chi connectivity index (χ2v) is 10.2. The summed E-state index contributed by atoms with van der Waals surface area (Å²) >= 11 is 7.60. The minimum Gasteiger partial charge on any atom is -0.484 e. The van der Waals surface area contributed by atoms with Crippen molar-refractivity contribution in [2.75, 3.05) is 32.9 Å². The van der Waals surface area contributed by atoms with Gasteiger partial charge in [0.05, 0.1) is 13.1 Å². The summed E-state index contributed by atoms with van der Waals surface area (Å²) in [6, 6.07) is 20.8. The van der Waals surface area contributed by atoms with Gasteiger partial charge in [0.15, 0.2) is 6.61 Å². The number of carbonyl (C=O) groups is 2. The highest BCUT2D eigenvalue weighted by atomic mass is 35.5. The Morgan fingerprint density at radius 3 is 2.33 bits per heavy atom. The number of carbonyl (C=O) groups excluding carboxylic acids is 2. The van der Waals surface area contributed by atoms with E-state index in [0.717, 1.165) is 10.4 Å². The molecule has 0 saturated heterocycles. The predicted octanol–water partition coefficient (Wildman–Crippen LogP) is 5.57. The van der Waals surface area contributed by atoms with Crippen LogP contribution in [0.5, 0.6) is 5.75 Å². The van der Waals surface area contributed by atoms with E-state index in [1.807, 2.05) is 42.2 Å². The highest BCUT2D eigenvalue weighted by Gasteiger charge is 2.22. The summed E-state index contributed by atoms with van der Waals surface area (Å²) < 4.78 is 11.1. The van der Waals surface area contributed by atoms with Crippen molar-refractivity contribution in [1.82, 2.24) is 9.80 Å². The first-order chi connectivity index (χ1) is 17.4. The smallest absolute Gasteiger partial charge is 0.260 e. The van der Waals surface area contributed by atoms with E-state index in [-0.39, 0.29) is 25.0 Å². The van der Waals surface area contributed by atoms with Crippen LogP contribution in [-0.2, 0) is 27.4 Å². The maximum atomic E-state index is 13.5. The summed E-state index contributed by atoms with van der Waals surface area (Å²) in [7, 11) is 0. The van der Waals surface area contributed by atoms with Crippen molar-refractivity contribution in [3.8, 4) is 5.75 Å². The first kappa shape index (κ1) is 27.7. The van der Waals surface area contributed by atoms with Crippen LogP contribution in [0.1, 0.15) is 28.7 Å². The molecular weight excluding hydrogens is 496 g/mol. The number of hydrogen-bond acceptors (Lipinski definition) is 5. The van der Waals surface area contributed by atoms with Gasteiger partial charge in [0.25, 0.3) is 5.91 Å². The second-order valence-electron chi connectivity index (χ2n) is 8.36. The van der Waals surface area contributed by atoms with Gasteiger partial charge < -0.3 is 19.3 Å². The minimum atomic E-state index is -0.249. The molecule has 0 aliphatic carbocycles. The van der Waals surface area contributed by atoms with Crippen LogP contribution in [0.25, 0.3) is 0 Å². The predicted molar refractivity (Wildman–Crippen MR) is 144 cm³/mol. The Bertz CT molecular complexity index is 1090. The van der Waals surface area contributed by atoms with E-state index >= 15 is 0 Å². The van der Waals surface area contributed by atoms with E-state index in [0.29, 0.717) is 50.0 Å². The SMILES string of the molecule is CCOCCCN(CC(=O)N(Cc1ccccc1)Cc1ccc(C)s1)C(=O)COc1ccc(Cl)cc1. The molecule has 0 radical (unpaired) electrons. The lowest BCUT2D eigenvalue weighted by Gasteiger charge is -2.28. The molecule has 3 aromatic rings. The monoisotopic (exact) mass is 528 g/mol. The molecule has 2 aromatic carbocycles. The Morgan fingerprint density at radius 2 is 1.67 bits per heavy atom. The van der Waals surface area contributed by atoms with Gasteiger partial charge in [0.1, 0.15) is 5.75 Å². The summed E-state index contributed by atoms with van der Waals surface area (Å²) in [5.74, 6) is 0.190. The quantitative estimate of drug-likeness (QED) is 0.257. The van der Waals surface area contributed by atoms with Gasteiger partial charge in [-0.15, -0.1) is 11.3 Å². The number of aryl methyl sites for hydroxylation is 1. The normalized spacial score (nSPS) is 10.8. The minimum absolute atomic E-state index is 0.0217. The van der Waals surface area contributed by atoms with Gasteiger partial charge in [0, 0.05) is 41.1 Å². The second kappa shape index (κ2) is 14.6. The molecule has 0 bridgehead atoms.